The van der Waals surface area contributed by atoms with Crippen LogP contribution in [0.4, 0.5) is 0 Å². The topological polar surface area (TPSA) is 12.0 Å². The Balaban J connectivity index is 2.33. The van der Waals surface area contributed by atoms with E-state index in [0.29, 0.717) is 6.04 Å². The number of nitrogens with one attached hydrogen (secondary N) is 1. The van der Waals surface area contributed by atoms with Gasteiger partial charge in [-0.2, -0.15) is 0 Å². The summed E-state index contributed by atoms with van der Waals surface area (Å²) in [5.74, 6) is 0. The molecule has 20 heavy (non-hydrogen) atoms. The van der Waals surface area contributed by atoms with Crippen LogP contribution in [0.1, 0.15) is 39.4 Å². The molecule has 1 atom stereocenters. The van der Waals surface area contributed by atoms with Crippen LogP contribution < -0.4 is 5.32 Å². The first-order chi connectivity index (χ1) is 9.51. The zero-order valence-electron chi connectivity index (χ0n) is 13.2. The summed E-state index contributed by atoms with van der Waals surface area (Å²) in [6.07, 6.45) is 1.04. The summed E-state index contributed by atoms with van der Waals surface area (Å²) in [5.41, 5.74) is 8.24. The molecular formula is C19H25N. The summed E-state index contributed by atoms with van der Waals surface area (Å²) < 4.78 is 0. The van der Waals surface area contributed by atoms with Crippen LogP contribution in [0.15, 0.2) is 36.4 Å². The van der Waals surface area contributed by atoms with Gasteiger partial charge in [0, 0.05) is 6.04 Å². The Labute approximate surface area is 123 Å². The van der Waals surface area contributed by atoms with E-state index in [4.69, 9.17) is 0 Å². The second kappa shape index (κ2) is 6.23. The molecule has 1 heteroatoms. The van der Waals surface area contributed by atoms with Crippen molar-refractivity contribution in [3.63, 3.8) is 0 Å². The summed E-state index contributed by atoms with van der Waals surface area (Å²) in [6.45, 7) is 8.72. The highest BCUT2D eigenvalue weighted by Gasteiger charge is 2.14. The molecule has 2 rings (SSSR count). The van der Waals surface area contributed by atoms with Crippen molar-refractivity contribution in [3.05, 3.63) is 69.8 Å². The molecule has 0 heterocycles. The molecule has 0 spiro atoms. The Morgan fingerprint density at radius 1 is 0.850 bits per heavy atom. The quantitative estimate of drug-likeness (QED) is 0.864. The van der Waals surface area contributed by atoms with E-state index in [0.717, 1.165) is 6.42 Å². The minimum absolute atomic E-state index is 0.371. The molecule has 0 saturated heterocycles. The van der Waals surface area contributed by atoms with Crippen LogP contribution in [0.2, 0.25) is 0 Å². The Morgan fingerprint density at radius 2 is 1.45 bits per heavy atom. The number of rotatable bonds is 4. The second-order valence-electron chi connectivity index (χ2n) is 5.84. The maximum atomic E-state index is 3.48. The van der Waals surface area contributed by atoms with Crippen molar-refractivity contribution in [3.8, 4) is 0 Å². The number of hydrogen-bond acceptors (Lipinski definition) is 1. The molecule has 0 aliphatic carbocycles. The molecule has 0 bridgehead atoms. The second-order valence-corrected chi connectivity index (χ2v) is 5.84. The normalized spacial score (nSPS) is 12.4. The van der Waals surface area contributed by atoms with Crippen molar-refractivity contribution >= 4 is 0 Å². The van der Waals surface area contributed by atoms with E-state index in [1.807, 2.05) is 0 Å². The minimum atomic E-state index is 0.371. The fourth-order valence-corrected chi connectivity index (χ4v) is 2.74. The average Bonchev–Trinajstić information content (AvgIpc) is 2.42. The van der Waals surface area contributed by atoms with E-state index < -0.39 is 0 Å². The Hall–Kier alpha value is -1.60. The zero-order valence-corrected chi connectivity index (χ0v) is 13.2. The standard InChI is InChI=1S/C19H25N/c1-13-6-8-15(3)17(10-13)12-19(20-5)18-11-14(2)7-9-16(18)4/h6-11,19-20H,12H2,1-5H3. The van der Waals surface area contributed by atoms with Gasteiger partial charge in [-0.25, -0.2) is 0 Å². The van der Waals surface area contributed by atoms with Crippen LogP contribution in [-0.4, -0.2) is 7.05 Å². The lowest BCUT2D eigenvalue weighted by atomic mass is 9.92. The first-order valence-electron chi connectivity index (χ1n) is 7.32. The molecule has 2 aromatic rings. The van der Waals surface area contributed by atoms with Crippen LogP contribution in [0, 0.1) is 27.7 Å². The van der Waals surface area contributed by atoms with Crippen LogP contribution in [0.5, 0.6) is 0 Å². The maximum Gasteiger partial charge on any atom is 0.0361 e. The summed E-state index contributed by atoms with van der Waals surface area (Å²) in [5, 5.41) is 3.48. The number of benzene rings is 2. The average molecular weight is 267 g/mol. The van der Waals surface area contributed by atoms with Gasteiger partial charge < -0.3 is 5.32 Å². The first-order valence-corrected chi connectivity index (χ1v) is 7.32. The fraction of sp³-hybridized carbons (Fsp3) is 0.368. The third-order valence-corrected chi connectivity index (χ3v) is 4.09. The van der Waals surface area contributed by atoms with Crippen LogP contribution in [0.25, 0.3) is 0 Å². The largest absolute Gasteiger partial charge is 0.313 e. The molecule has 1 unspecified atom stereocenters. The van der Waals surface area contributed by atoms with Crippen molar-refractivity contribution in [2.45, 2.75) is 40.2 Å². The van der Waals surface area contributed by atoms with E-state index >= 15 is 0 Å². The summed E-state index contributed by atoms with van der Waals surface area (Å²) in [6, 6.07) is 13.8. The van der Waals surface area contributed by atoms with E-state index in [2.05, 4.69) is 76.5 Å². The molecule has 2 aromatic carbocycles. The van der Waals surface area contributed by atoms with Crippen molar-refractivity contribution in [2.24, 2.45) is 0 Å². The molecule has 0 radical (unpaired) electrons. The van der Waals surface area contributed by atoms with Gasteiger partial charge in [0.25, 0.3) is 0 Å². The maximum absolute atomic E-state index is 3.48. The molecule has 0 aromatic heterocycles. The fourth-order valence-electron chi connectivity index (χ4n) is 2.74. The molecule has 106 valence electrons. The number of likely N-dealkylation sites (N-methyl/N-ethyl adjacent to an activating group) is 1. The van der Waals surface area contributed by atoms with Gasteiger partial charge in [-0.3, -0.25) is 0 Å². The van der Waals surface area contributed by atoms with Gasteiger partial charge >= 0.3 is 0 Å². The Bertz CT molecular complexity index is 599. The highest BCUT2D eigenvalue weighted by molar-refractivity contribution is 5.36. The first kappa shape index (κ1) is 14.8. The van der Waals surface area contributed by atoms with Crippen molar-refractivity contribution in [1.29, 1.82) is 0 Å². The number of aryl methyl sites for hydroxylation is 4. The lowest BCUT2D eigenvalue weighted by molar-refractivity contribution is 0.587. The smallest absolute Gasteiger partial charge is 0.0361 e. The van der Waals surface area contributed by atoms with Crippen LogP contribution >= 0.6 is 0 Å². The molecular weight excluding hydrogens is 242 g/mol. The molecule has 0 amide bonds. The Kier molecular flexibility index (Phi) is 4.61. The predicted molar refractivity (Wildman–Crippen MR) is 87.3 cm³/mol. The molecule has 0 saturated carbocycles. The van der Waals surface area contributed by atoms with Crippen molar-refractivity contribution < 1.29 is 0 Å². The highest BCUT2D eigenvalue weighted by Crippen LogP contribution is 2.24. The van der Waals surface area contributed by atoms with Crippen molar-refractivity contribution in [2.75, 3.05) is 7.05 Å². The van der Waals surface area contributed by atoms with Gasteiger partial charge in [0.2, 0.25) is 0 Å². The van der Waals surface area contributed by atoms with Crippen molar-refractivity contribution in [1.82, 2.24) is 5.32 Å². The van der Waals surface area contributed by atoms with Gasteiger partial charge in [0.1, 0.15) is 0 Å². The van der Waals surface area contributed by atoms with Gasteiger partial charge in [0.15, 0.2) is 0 Å². The number of hydrogen-bond donors (Lipinski definition) is 1. The SMILES string of the molecule is CNC(Cc1cc(C)ccc1C)c1cc(C)ccc1C. The lowest BCUT2D eigenvalue weighted by Crippen LogP contribution is -2.20. The Morgan fingerprint density at radius 3 is 2.10 bits per heavy atom. The summed E-state index contributed by atoms with van der Waals surface area (Å²) in [4.78, 5) is 0. The molecule has 0 fully saturated rings. The van der Waals surface area contributed by atoms with Gasteiger partial charge in [-0.1, -0.05) is 47.5 Å². The van der Waals surface area contributed by atoms with E-state index in [1.54, 1.807) is 0 Å². The van der Waals surface area contributed by atoms with Gasteiger partial charge in [-0.05, 0) is 63.4 Å². The van der Waals surface area contributed by atoms with Gasteiger partial charge in [0.05, 0.1) is 0 Å². The van der Waals surface area contributed by atoms with E-state index in [-0.39, 0.29) is 0 Å². The van der Waals surface area contributed by atoms with Crippen LogP contribution in [-0.2, 0) is 6.42 Å². The third-order valence-electron chi connectivity index (χ3n) is 4.09. The molecule has 0 aliphatic heterocycles. The van der Waals surface area contributed by atoms with E-state index in [9.17, 15) is 0 Å². The minimum Gasteiger partial charge on any atom is -0.313 e. The molecule has 1 nitrogen and oxygen atoms in total. The summed E-state index contributed by atoms with van der Waals surface area (Å²) >= 11 is 0. The summed E-state index contributed by atoms with van der Waals surface area (Å²) in [7, 11) is 2.05. The monoisotopic (exact) mass is 267 g/mol. The molecule has 0 aliphatic rings. The molecule has 1 N–H and O–H groups in total. The zero-order chi connectivity index (χ0) is 14.7. The van der Waals surface area contributed by atoms with Crippen LogP contribution in [0.3, 0.4) is 0 Å². The highest BCUT2D eigenvalue weighted by atomic mass is 14.9. The lowest BCUT2D eigenvalue weighted by Gasteiger charge is -2.21. The third kappa shape index (κ3) is 3.29. The predicted octanol–water partition coefficient (Wildman–Crippen LogP) is 4.42. The van der Waals surface area contributed by atoms with Gasteiger partial charge in [-0.15, -0.1) is 0 Å². The van der Waals surface area contributed by atoms with E-state index in [1.165, 1.54) is 33.4 Å².